The largest absolute Gasteiger partial charge is 0.492 e. The van der Waals surface area contributed by atoms with E-state index < -0.39 is 59.2 Å². The zero-order valence-corrected chi connectivity index (χ0v) is 23.6. The number of likely N-dealkylation sites (N-methyl/N-ethyl adjacent to an activating group) is 1. The summed E-state index contributed by atoms with van der Waals surface area (Å²) in [6.07, 6.45) is 0.116. The Morgan fingerprint density at radius 1 is 0.902 bits per heavy atom. The monoisotopic (exact) mass is 562 g/mol. The molecule has 0 aromatic carbocycles. The van der Waals surface area contributed by atoms with E-state index in [-0.39, 0.29) is 64.6 Å². The van der Waals surface area contributed by atoms with Gasteiger partial charge in [0.15, 0.2) is 23.1 Å². The summed E-state index contributed by atoms with van der Waals surface area (Å²) < 4.78 is 10.6. The van der Waals surface area contributed by atoms with E-state index in [0.29, 0.717) is 5.57 Å². The number of amides is 1. The lowest BCUT2D eigenvalue weighted by Crippen LogP contribution is -2.74. The Kier molecular flexibility index (Phi) is 6.91. The van der Waals surface area contributed by atoms with Gasteiger partial charge in [-0.3, -0.25) is 38.6 Å². The average molecular weight is 563 g/mol. The minimum Gasteiger partial charge on any atom is -0.492 e. The van der Waals surface area contributed by atoms with E-state index in [1.807, 2.05) is 4.90 Å². The van der Waals surface area contributed by atoms with Gasteiger partial charge in [0.1, 0.15) is 6.04 Å². The van der Waals surface area contributed by atoms with Crippen molar-refractivity contribution in [3.63, 3.8) is 0 Å². The standard InChI is InChI=1S/C29H30N4O8/c1-11-23(35)14-8-17-22-21-15(24(36)12(2)28(41-6)26(21)38)7-16(32(22)4)18(9-30)33(17)19(10-31-29(39)13(3)34)20(14)25(37)27(11)40-5/h16-19,22H,7-8,10H2,1-6H3,(H,31,39)/t16-,17-,18+,19-,22+/m1/s1. The second kappa shape index (κ2) is 10.0. The Bertz CT molecular complexity index is 1520. The third-order valence-electron chi connectivity index (χ3n) is 8.99. The predicted octanol–water partition coefficient (Wildman–Crippen LogP) is -0.149. The number of rotatable bonds is 5. The molecule has 5 rings (SSSR count). The van der Waals surface area contributed by atoms with Crippen LogP contribution in [0.2, 0.25) is 0 Å². The van der Waals surface area contributed by atoms with Gasteiger partial charge in [-0.25, -0.2) is 0 Å². The first-order valence-electron chi connectivity index (χ1n) is 13.2. The van der Waals surface area contributed by atoms with E-state index in [4.69, 9.17) is 9.47 Å². The third kappa shape index (κ3) is 3.87. The van der Waals surface area contributed by atoms with Gasteiger partial charge in [-0.1, -0.05) is 0 Å². The number of carbonyl (C=O) groups is 6. The maximum absolute atomic E-state index is 13.8. The molecule has 0 aromatic heterocycles. The summed E-state index contributed by atoms with van der Waals surface area (Å²) in [5.74, 6) is -3.51. The first kappa shape index (κ1) is 28.3. The number of Topliss-reactive ketones (excluding diaryl/α,β-unsaturated/α-hetero) is 5. The number of nitrogens with one attached hydrogen (secondary N) is 1. The lowest BCUT2D eigenvalue weighted by molar-refractivity contribution is -0.137. The smallest absolute Gasteiger partial charge is 0.287 e. The highest BCUT2D eigenvalue weighted by molar-refractivity contribution is 6.35. The van der Waals surface area contributed by atoms with E-state index in [1.54, 1.807) is 11.9 Å². The van der Waals surface area contributed by atoms with E-state index in [2.05, 4.69) is 11.4 Å². The van der Waals surface area contributed by atoms with Gasteiger partial charge in [-0.05, 0) is 33.7 Å². The van der Waals surface area contributed by atoms with Crippen molar-refractivity contribution in [1.82, 2.24) is 15.1 Å². The van der Waals surface area contributed by atoms with Gasteiger partial charge in [0.2, 0.25) is 17.3 Å². The van der Waals surface area contributed by atoms with Crippen molar-refractivity contribution in [2.75, 3.05) is 27.8 Å². The van der Waals surface area contributed by atoms with Crippen molar-refractivity contribution in [2.24, 2.45) is 0 Å². The Hall–Kier alpha value is -4.21. The van der Waals surface area contributed by atoms with E-state index >= 15 is 0 Å². The van der Waals surface area contributed by atoms with Crippen molar-refractivity contribution in [3.8, 4) is 6.07 Å². The van der Waals surface area contributed by atoms with Crippen LogP contribution in [-0.2, 0) is 38.2 Å². The molecule has 2 bridgehead atoms. The summed E-state index contributed by atoms with van der Waals surface area (Å²) >= 11 is 0. The molecule has 41 heavy (non-hydrogen) atoms. The SMILES string of the molecule is COC1=C(C)C(=O)C2=C(C1=O)[C@@H]1[C@H]3CC4=C(C(=O)C(OC)=C(C)C4=O)[C@@H](CNC(=O)C(C)=O)N3[C@@H](C#N)[C@@H](C2)N1C. The molecule has 214 valence electrons. The number of carbonyl (C=O) groups excluding carboxylic acids is 6. The van der Waals surface area contributed by atoms with Gasteiger partial charge in [-0.15, -0.1) is 0 Å². The van der Waals surface area contributed by atoms with Crippen LogP contribution in [0, 0.1) is 11.3 Å². The molecule has 3 aliphatic heterocycles. The molecule has 12 heteroatoms. The van der Waals surface area contributed by atoms with Crippen molar-refractivity contribution in [1.29, 1.82) is 5.26 Å². The molecule has 3 heterocycles. The number of hydrogen-bond acceptors (Lipinski definition) is 11. The fourth-order valence-electron chi connectivity index (χ4n) is 7.13. The summed E-state index contributed by atoms with van der Waals surface area (Å²) in [6, 6.07) is -1.52. The number of ether oxygens (including phenoxy) is 2. The topological polar surface area (TPSA) is 163 Å². The van der Waals surface area contributed by atoms with Crippen LogP contribution in [0.3, 0.4) is 0 Å². The number of nitriles is 1. The van der Waals surface area contributed by atoms with E-state index in [1.165, 1.54) is 28.1 Å². The van der Waals surface area contributed by atoms with Gasteiger partial charge < -0.3 is 14.8 Å². The van der Waals surface area contributed by atoms with Crippen LogP contribution >= 0.6 is 0 Å². The number of nitrogens with zero attached hydrogens (tertiary/aromatic N) is 3. The minimum absolute atomic E-state index is 0.00850. The maximum Gasteiger partial charge on any atom is 0.287 e. The fourth-order valence-corrected chi connectivity index (χ4v) is 7.13. The summed E-state index contributed by atoms with van der Waals surface area (Å²) in [6.45, 7) is 3.89. The average Bonchev–Trinajstić information content (AvgIpc) is 2.93. The lowest BCUT2D eigenvalue weighted by atomic mass is 9.67. The van der Waals surface area contributed by atoms with Gasteiger partial charge in [0.05, 0.1) is 32.4 Å². The summed E-state index contributed by atoms with van der Waals surface area (Å²) in [4.78, 5) is 82.3. The number of fused-ring (bicyclic) bond motifs is 5. The zero-order chi connectivity index (χ0) is 30.1. The van der Waals surface area contributed by atoms with Gasteiger partial charge in [-0.2, -0.15) is 5.26 Å². The van der Waals surface area contributed by atoms with Crippen LogP contribution in [0.25, 0.3) is 0 Å². The molecule has 0 spiro atoms. The molecule has 12 nitrogen and oxygen atoms in total. The highest BCUT2D eigenvalue weighted by atomic mass is 16.5. The Morgan fingerprint density at radius 2 is 1.41 bits per heavy atom. The molecule has 2 aliphatic carbocycles. The van der Waals surface area contributed by atoms with Crippen molar-refractivity contribution in [2.45, 2.75) is 63.8 Å². The molecule has 0 saturated carbocycles. The Balaban J connectivity index is 1.71. The minimum atomic E-state index is -0.985. The second-order valence-electron chi connectivity index (χ2n) is 10.9. The van der Waals surface area contributed by atoms with Crippen molar-refractivity contribution in [3.05, 3.63) is 45.0 Å². The highest BCUT2D eigenvalue weighted by Crippen LogP contribution is 2.48. The lowest BCUT2D eigenvalue weighted by Gasteiger charge is -2.60. The molecule has 1 saturated heterocycles. The molecule has 5 atom stereocenters. The van der Waals surface area contributed by atoms with Crippen LogP contribution < -0.4 is 5.32 Å². The molecular weight excluding hydrogens is 532 g/mol. The number of methoxy groups -OCH3 is 2. The number of ketones is 5. The number of hydrogen-bond donors (Lipinski definition) is 1. The van der Waals surface area contributed by atoms with Crippen LogP contribution in [0.4, 0.5) is 0 Å². The quantitative estimate of drug-likeness (QED) is 0.350. The summed E-state index contributed by atoms with van der Waals surface area (Å²) in [7, 11) is 4.38. The molecule has 0 radical (unpaired) electrons. The molecule has 1 N–H and O–H groups in total. The molecular formula is C29H30N4O8. The van der Waals surface area contributed by atoms with E-state index in [0.717, 1.165) is 6.92 Å². The normalized spacial score (nSPS) is 30.1. The van der Waals surface area contributed by atoms with Gasteiger partial charge in [0.25, 0.3) is 5.91 Å². The zero-order valence-electron chi connectivity index (χ0n) is 23.6. The van der Waals surface area contributed by atoms with Crippen molar-refractivity contribution < 1.29 is 38.2 Å². The molecule has 5 aliphatic rings. The maximum atomic E-state index is 13.8. The Morgan fingerprint density at radius 3 is 1.93 bits per heavy atom. The first-order valence-corrected chi connectivity index (χ1v) is 13.2. The van der Waals surface area contributed by atoms with E-state index in [9.17, 15) is 34.0 Å². The highest BCUT2D eigenvalue weighted by Gasteiger charge is 2.59. The number of piperazine rings is 1. The Labute approximate surface area is 236 Å². The van der Waals surface area contributed by atoms with Crippen LogP contribution in [-0.4, -0.2) is 103 Å². The molecule has 1 amide bonds. The number of allylic oxidation sites excluding steroid dienone is 4. The van der Waals surface area contributed by atoms with Crippen LogP contribution in [0.1, 0.15) is 33.6 Å². The first-order chi connectivity index (χ1) is 19.4. The molecule has 0 unspecified atom stereocenters. The summed E-state index contributed by atoms with van der Waals surface area (Å²) in [5, 5.41) is 13.0. The third-order valence-corrected chi connectivity index (χ3v) is 8.99. The van der Waals surface area contributed by atoms with Gasteiger partial charge in [0, 0.05) is 59.0 Å². The fraction of sp³-hybridized carbons (Fsp3) is 0.483. The van der Waals surface area contributed by atoms with Gasteiger partial charge >= 0.3 is 0 Å². The molecule has 0 aromatic rings. The molecule has 1 fully saturated rings. The second-order valence-corrected chi connectivity index (χ2v) is 10.9. The predicted molar refractivity (Wildman–Crippen MR) is 141 cm³/mol. The van der Waals surface area contributed by atoms with Crippen LogP contribution in [0.15, 0.2) is 45.0 Å². The summed E-state index contributed by atoms with van der Waals surface area (Å²) in [5.41, 5.74) is 1.19. The van der Waals surface area contributed by atoms with Crippen LogP contribution in [0.5, 0.6) is 0 Å². The van der Waals surface area contributed by atoms with Crippen molar-refractivity contribution >= 4 is 34.8 Å².